The predicted molar refractivity (Wildman–Crippen MR) is 91.7 cm³/mol. The zero-order valence-corrected chi connectivity index (χ0v) is 14.7. The Labute approximate surface area is 143 Å². The molecule has 24 heavy (non-hydrogen) atoms. The number of nitrogens with one attached hydrogen (secondary N) is 1. The number of hydrogen-bond acceptors (Lipinski definition) is 3. The van der Waals surface area contributed by atoms with Crippen LogP contribution in [-0.4, -0.2) is 35.9 Å². The van der Waals surface area contributed by atoms with Gasteiger partial charge in [-0.25, -0.2) is 0 Å². The molecule has 5 nitrogen and oxygen atoms in total. The Balaban J connectivity index is 1.65. The molecule has 0 aliphatic carbocycles. The third kappa shape index (κ3) is 3.12. The minimum atomic E-state index is -0.257. The quantitative estimate of drug-likeness (QED) is 0.903. The van der Waals surface area contributed by atoms with Crippen LogP contribution in [0.1, 0.15) is 50.3 Å². The van der Waals surface area contributed by atoms with E-state index < -0.39 is 0 Å². The number of rotatable bonds is 5. The van der Waals surface area contributed by atoms with Gasteiger partial charge in [-0.3, -0.25) is 9.59 Å². The molecular weight excluding hydrogens is 304 g/mol. The number of likely N-dealkylation sites (tertiary alicyclic amines) is 1. The lowest BCUT2D eigenvalue weighted by molar-refractivity contribution is -0.130. The van der Waals surface area contributed by atoms with Gasteiger partial charge in [-0.05, 0) is 25.8 Å². The summed E-state index contributed by atoms with van der Waals surface area (Å²) >= 11 is 0. The fraction of sp³-hybridized carbons (Fsp3) is 0.579. The lowest BCUT2D eigenvalue weighted by atomic mass is 10.0. The van der Waals surface area contributed by atoms with Gasteiger partial charge in [-0.1, -0.05) is 31.5 Å². The summed E-state index contributed by atoms with van der Waals surface area (Å²) in [6.07, 6.45) is 2.18. The molecule has 1 saturated heterocycles. The molecule has 2 aliphatic heterocycles. The van der Waals surface area contributed by atoms with Crippen molar-refractivity contribution in [3.05, 3.63) is 29.3 Å². The van der Waals surface area contributed by atoms with Gasteiger partial charge < -0.3 is 15.0 Å². The van der Waals surface area contributed by atoms with Gasteiger partial charge in [0.15, 0.2) is 0 Å². The number of carbonyl (C=O) groups is 2. The van der Waals surface area contributed by atoms with E-state index >= 15 is 0 Å². The number of ether oxygens (including phenoxy) is 1. The van der Waals surface area contributed by atoms with Crippen LogP contribution in [0.3, 0.4) is 0 Å². The van der Waals surface area contributed by atoms with Crippen LogP contribution in [0, 0.1) is 12.8 Å². The van der Waals surface area contributed by atoms with Crippen LogP contribution < -0.4 is 10.1 Å². The topological polar surface area (TPSA) is 58.6 Å². The van der Waals surface area contributed by atoms with E-state index in [9.17, 15) is 9.59 Å². The fourth-order valence-electron chi connectivity index (χ4n) is 3.73. The van der Waals surface area contributed by atoms with Gasteiger partial charge in [-0.2, -0.15) is 0 Å². The monoisotopic (exact) mass is 330 g/mol. The first-order valence-electron chi connectivity index (χ1n) is 8.86. The number of hydrogen-bond donors (Lipinski definition) is 1. The highest BCUT2D eigenvalue weighted by Crippen LogP contribution is 2.33. The van der Waals surface area contributed by atoms with E-state index in [1.807, 2.05) is 24.0 Å². The van der Waals surface area contributed by atoms with Crippen molar-refractivity contribution in [2.75, 3.05) is 13.2 Å². The van der Waals surface area contributed by atoms with Crippen LogP contribution in [0.2, 0.25) is 0 Å². The molecule has 2 heterocycles. The highest BCUT2D eigenvalue weighted by Gasteiger charge is 2.38. The second kappa shape index (κ2) is 6.83. The average Bonchev–Trinajstić information content (AvgIpc) is 3.13. The zero-order valence-electron chi connectivity index (χ0n) is 14.7. The van der Waals surface area contributed by atoms with Gasteiger partial charge in [-0.15, -0.1) is 0 Å². The second-order valence-electron chi connectivity index (χ2n) is 6.83. The van der Waals surface area contributed by atoms with E-state index in [4.69, 9.17) is 4.74 Å². The van der Waals surface area contributed by atoms with Crippen LogP contribution >= 0.6 is 0 Å². The number of fused-ring (bicyclic) bond motifs is 1. The van der Waals surface area contributed by atoms with Crippen molar-refractivity contribution >= 4 is 11.8 Å². The van der Waals surface area contributed by atoms with Crippen molar-refractivity contribution in [1.82, 2.24) is 10.2 Å². The van der Waals surface area contributed by atoms with Crippen molar-refractivity contribution in [3.63, 3.8) is 0 Å². The Kier molecular flexibility index (Phi) is 4.78. The molecular formula is C19H26N2O3. The van der Waals surface area contributed by atoms with Gasteiger partial charge in [0.05, 0.1) is 12.0 Å². The first kappa shape index (κ1) is 16.8. The van der Waals surface area contributed by atoms with E-state index in [1.54, 1.807) is 0 Å². The van der Waals surface area contributed by atoms with Crippen LogP contribution in [0.5, 0.6) is 5.75 Å². The van der Waals surface area contributed by atoms with Gasteiger partial charge in [0.2, 0.25) is 11.8 Å². The van der Waals surface area contributed by atoms with Gasteiger partial charge in [0.1, 0.15) is 12.4 Å². The third-order valence-corrected chi connectivity index (χ3v) is 5.18. The highest BCUT2D eigenvalue weighted by molar-refractivity contribution is 5.89. The second-order valence-corrected chi connectivity index (χ2v) is 6.83. The first-order valence-corrected chi connectivity index (χ1v) is 8.86. The summed E-state index contributed by atoms with van der Waals surface area (Å²) in [5, 5.41) is 3.08. The summed E-state index contributed by atoms with van der Waals surface area (Å²) in [6.45, 7) is 7.20. The van der Waals surface area contributed by atoms with E-state index in [2.05, 4.69) is 25.2 Å². The molecule has 1 aromatic rings. The molecule has 2 atom stereocenters. The molecule has 0 saturated carbocycles. The Bertz CT molecular complexity index is 639. The van der Waals surface area contributed by atoms with Crippen LogP contribution in [0.4, 0.5) is 0 Å². The van der Waals surface area contributed by atoms with Crippen molar-refractivity contribution in [2.24, 2.45) is 5.92 Å². The zero-order chi connectivity index (χ0) is 17.3. The lowest BCUT2D eigenvalue weighted by Gasteiger charge is -2.26. The Morgan fingerprint density at radius 3 is 2.83 bits per heavy atom. The maximum absolute atomic E-state index is 12.6. The molecule has 1 aromatic carbocycles. The van der Waals surface area contributed by atoms with Gasteiger partial charge in [0.25, 0.3) is 0 Å². The third-order valence-electron chi connectivity index (χ3n) is 5.18. The normalized spacial score (nSPS) is 22.7. The molecule has 0 unspecified atom stereocenters. The minimum absolute atomic E-state index is 0.0419. The Morgan fingerprint density at radius 2 is 2.12 bits per heavy atom. The molecule has 1 N–H and O–H groups in total. The largest absolute Gasteiger partial charge is 0.491 e. The molecule has 3 rings (SSSR count). The molecule has 0 bridgehead atoms. The molecule has 1 fully saturated rings. The van der Waals surface area contributed by atoms with Crippen molar-refractivity contribution in [2.45, 2.75) is 52.1 Å². The van der Waals surface area contributed by atoms with Gasteiger partial charge in [0, 0.05) is 24.6 Å². The molecule has 0 spiro atoms. The Hall–Kier alpha value is -2.04. The molecule has 5 heteroatoms. The molecule has 130 valence electrons. The fourth-order valence-corrected chi connectivity index (χ4v) is 3.73. The number of nitrogens with zero attached hydrogens (tertiary/aromatic N) is 1. The number of amides is 2. The van der Waals surface area contributed by atoms with E-state index in [-0.39, 0.29) is 29.8 Å². The van der Waals surface area contributed by atoms with E-state index in [1.165, 1.54) is 0 Å². The summed E-state index contributed by atoms with van der Waals surface area (Å²) < 4.78 is 5.65. The van der Waals surface area contributed by atoms with E-state index in [0.717, 1.165) is 29.7 Å². The van der Waals surface area contributed by atoms with Crippen molar-refractivity contribution in [1.29, 1.82) is 0 Å². The smallest absolute Gasteiger partial charge is 0.226 e. The predicted octanol–water partition coefficient (Wildman–Crippen LogP) is 2.58. The number of carbonyl (C=O) groups excluding carboxylic acids is 2. The Morgan fingerprint density at radius 1 is 1.38 bits per heavy atom. The van der Waals surface area contributed by atoms with Crippen LogP contribution in [-0.2, 0) is 9.59 Å². The van der Waals surface area contributed by atoms with E-state index in [0.29, 0.717) is 19.6 Å². The SMILES string of the molecule is CCC(CC)N1C[C@@H](C(=O)N[C@@H]2COc3ccc(C)cc32)CC1=O. The summed E-state index contributed by atoms with van der Waals surface area (Å²) in [4.78, 5) is 26.8. The first-order chi connectivity index (χ1) is 11.5. The minimum Gasteiger partial charge on any atom is -0.491 e. The maximum atomic E-state index is 12.6. The average molecular weight is 330 g/mol. The molecule has 0 aromatic heterocycles. The molecule has 2 aliphatic rings. The van der Waals surface area contributed by atoms with Crippen LogP contribution in [0.25, 0.3) is 0 Å². The summed E-state index contributed by atoms with van der Waals surface area (Å²) in [5.74, 6) is 0.640. The van der Waals surface area contributed by atoms with Crippen molar-refractivity contribution < 1.29 is 14.3 Å². The molecule has 0 radical (unpaired) electrons. The maximum Gasteiger partial charge on any atom is 0.226 e. The summed E-state index contributed by atoms with van der Waals surface area (Å²) in [7, 11) is 0. The van der Waals surface area contributed by atoms with Crippen LogP contribution in [0.15, 0.2) is 18.2 Å². The van der Waals surface area contributed by atoms with Crippen molar-refractivity contribution in [3.8, 4) is 5.75 Å². The number of aryl methyl sites for hydroxylation is 1. The van der Waals surface area contributed by atoms with Gasteiger partial charge >= 0.3 is 0 Å². The lowest BCUT2D eigenvalue weighted by Crippen LogP contribution is -2.38. The summed E-state index contributed by atoms with van der Waals surface area (Å²) in [6, 6.07) is 6.14. The molecule has 2 amide bonds. The summed E-state index contributed by atoms with van der Waals surface area (Å²) in [5.41, 5.74) is 2.18. The highest BCUT2D eigenvalue weighted by atomic mass is 16.5. The number of benzene rings is 1. The standard InChI is InChI=1S/C19H26N2O3/c1-4-14(5-2)21-10-13(9-18(21)22)19(23)20-16-11-24-17-7-6-12(3)8-15(16)17/h6-8,13-14,16H,4-5,9-11H2,1-3H3,(H,20,23)/t13-,16+/m0/s1.